The highest BCUT2D eigenvalue weighted by molar-refractivity contribution is 8.02. The summed E-state index contributed by atoms with van der Waals surface area (Å²) in [4.78, 5) is 40.3. The SMILES string of the molecule is CCCCCNC(=O)C1N(CCO)C(=O)[C@@H]2[C@@H](C(=O)OCC)[C@H]3CCC12S3. The topological polar surface area (TPSA) is 95.9 Å². The Morgan fingerprint density at radius 1 is 1.37 bits per heavy atom. The zero-order valence-electron chi connectivity index (χ0n) is 16.1. The normalized spacial score (nSPS) is 34.0. The van der Waals surface area contributed by atoms with Crippen LogP contribution in [0.25, 0.3) is 0 Å². The van der Waals surface area contributed by atoms with Gasteiger partial charge in [0.2, 0.25) is 11.8 Å². The van der Waals surface area contributed by atoms with Crippen molar-refractivity contribution >= 4 is 29.5 Å². The van der Waals surface area contributed by atoms with Gasteiger partial charge in [0, 0.05) is 18.3 Å². The minimum absolute atomic E-state index is 0.0321. The molecule has 8 heteroatoms. The standard InChI is InChI=1S/C19H30N2O5S/c1-3-5-6-9-20-16(23)15-19-8-7-12(27-19)13(18(25)26-4-2)14(19)17(24)21(15)10-11-22/h12-15,22H,3-11H2,1-2H3,(H,20,23)/t12-,13+,14+,15?,19?/m1/s1. The van der Waals surface area contributed by atoms with E-state index >= 15 is 0 Å². The Labute approximate surface area is 164 Å². The molecule has 0 aromatic rings. The van der Waals surface area contributed by atoms with Crippen LogP contribution in [0.2, 0.25) is 0 Å². The molecule has 27 heavy (non-hydrogen) atoms. The van der Waals surface area contributed by atoms with Gasteiger partial charge < -0.3 is 20.1 Å². The third-order valence-corrected chi connectivity index (χ3v) is 7.98. The second-order valence-corrected chi connectivity index (χ2v) is 9.16. The molecule has 3 aliphatic rings. The van der Waals surface area contributed by atoms with Gasteiger partial charge in [-0.3, -0.25) is 14.4 Å². The molecule has 0 aromatic carbocycles. The summed E-state index contributed by atoms with van der Waals surface area (Å²) in [6, 6.07) is -0.627. The van der Waals surface area contributed by atoms with E-state index in [0.29, 0.717) is 6.54 Å². The molecule has 2 amide bonds. The summed E-state index contributed by atoms with van der Waals surface area (Å²) in [7, 11) is 0. The van der Waals surface area contributed by atoms with Crippen molar-refractivity contribution in [3.8, 4) is 0 Å². The number of likely N-dealkylation sites (tertiary alicyclic amines) is 1. The van der Waals surface area contributed by atoms with E-state index in [1.54, 1.807) is 18.7 Å². The molecular weight excluding hydrogens is 368 g/mol. The van der Waals surface area contributed by atoms with Crippen molar-refractivity contribution in [3.05, 3.63) is 0 Å². The highest BCUT2D eigenvalue weighted by Gasteiger charge is 2.73. The number of thioether (sulfide) groups is 1. The van der Waals surface area contributed by atoms with E-state index in [0.717, 1.165) is 32.1 Å². The molecular formula is C19H30N2O5S. The number of nitrogens with zero attached hydrogens (tertiary/aromatic N) is 1. The van der Waals surface area contributed by atoms with E-state index in [1.165, 1.54) is 4.90 Å². The van der Waals surface area contributed by atoms with Crippen molar-refractivity contribution in [1.29, 1.82) is 0 Å². The van der Waals surface area contributed by atoms with Gasteiger partial charge in [-0.15, -0.1) is 11.8 Å². The first kappa shape index (κ1) is 20.5. The maximum Gasteiger partial charge on any atom is 0.310 e. The van der Waals surface area contributed by atoms with Crippen LogP contribution in [0.15, 0.2) is 0 Å². The number of esters is 1. The van der Waals surface area contributed by atoms with E-state index in [2.05, 4.69) is 12.2 Å². The molecule has 3 rings (SSSR count). The molecule has 152 valence electrons. The second-order valence-electron chi connectivity index (χ2n) is 7.56. The minimum atomic E-state index is -0.627. The molecule has 0 aromatic heterocycles. The zero-order valence-corrected chi connectivity index (χ0v) is 16.9. The highest BCUT2D eigenvalue weighted by Crippen LogP contribution is 2.66. The third kappa shape index (κ3) is 3.35. The van der Waals surface area contributed by atoms with Gasteiger partial charge in [0.1, 0.15) is 6.04 Å². The van der Waals surface area contributed by atoms with Crippen molar-refractivity contribution < 1.29 is 24.2 Å². The van der Waals surface area contributed by atoms with Crippen molar-refractivity contribution in [3.63, 3.8) is 0 Å². The number of carbonyl (C=O) groups excluding carboxylic acids is 3. The maximum absolute atomic E-state index is 13.2. The lowest BCUT2D eigenvalue weighted by atomic mass is 9.71. The van der Waals surface area contributed by atoms with Crippen LogP contribution < -0.4 is 5.32 Å². The fraction of sp³-hybridized carbons (Fsp3) is 0.842. The van der Waals surface area contributed by atoms with E-state index < -0.39 is 22.6 Å². The summed E-state index contributed by atoms with van der Waals surface area (Å²) >= 11 is 1.62. The van der Waals surface area contributed by atoms with E-state index in [-0.39, 0.29) is 42.8 Å². The summed E-state index contributed by atoms with van der Waals surface area (Å²) in [5, 5.41) is 12.5. The molecule has 2 bridgehead atoms. The number of ether oxygens (including phenoxy) is 1. The number of β-amino-alcohol motifs (C(OH)–C–C–N with tert-alkyl or cyclic N) is 1. The molecule has 0 radical (unpaired) electrons. The van der Waals surface area contributed by atoms with Gasteiger partial charge in [-0.2, -0.15) is 0 Å². The Balaban J connectivity index is 1.85. The van der Waals surface area contributed by atoms with Gasteiger partial charge in [-0.25, -0.2) is 0 Å². The Bertz CT molecular complexity index is 601. The molecule has 3 saturated heterocycles. The largest absolute Gasteiger partial charge is 0.466 e. The van der Waals surface area contributed by atoms with Crippen molar-refractivity contribution in [2.75, 3.05) is 26.3 Å². The average Bonchev–Trinajstić information content (AvgIpc) is 3.27. The Hall–Kier alpha value is -1.28. The summed E-state index contributed by atoms with van der Waals surface area (Å²) in [6.45, 7) is 4.64. The second kappa shape index (κ2) is 8.39. The lowest BCUT2D eigenvalue weighted by molar-refractivity contribution is -0.153. The fourth-order valence-corrected chi connectivity index (χ4v) is 7.20. The summed E-state index contributed by atoms with van der Waals surface area (Å²) < 4.78 is 4.66. The van der Waals surface area contributed by atoms with Crippen LogP contribution in [-0.4, -0.2) is 70.1 Å². The summed E-state index contributed by atoms with van der Waals surface area (Å²) in [6.07, 6.45) is 4.56. The molecule has 1 spiro atoms. The van der Waals surface area contributed by atoms with Gasteiger partial charge >= 0.3 is 5.97 Å². The Morgan fingerprint density at radius 2 is 2.15 bits per heavy atom. The van der Waals surface area contributed by atoms with Crippen LogP contribution in [0.5, 0.6) is 0 Å². The van der Waals surface area contributed by atoms with Crippen LogP contribution >= 0.6 is 11.8 Å². The summed E-state index contributed by atoms with van der Waals surface area (Å²) in [5.41, 5.74) is 0. The number of amides is 2. The number of aliphatic hydroxyl groups excluding tert-OH is 1. The number of fused-ring (bicyclic) bond motifs is 1. The Kier molecular flexibility index (Phi) is 6.35. The van der Waals surface area contributed by atoms with E-state index in [4.69, 9.17) is 4.74 Å². The number of aliphatic hydroxyl groups is 1. The molecule has 2 N–H and O–H groups in total. The smallest absolute Gasteiger partial charge is 0.310 e. The molecule has 3 fully saturated rings. The van der Waals surface area contributed by atoms with Crippen LogP contribution in [0.1, 0.15) is 46.0 Å². The van der Waals surface area contributed by atoms with Crippen molar-refractivity contribution in [1.82, 2.24) is 10.2 Å². The molecule has 0 aliphatic carbocycles. The van der Waals surface area contributed by atoms with Crippen LogP contribution in [0.3, 0.4) is 0 Å². The zero-order chi connectivity index (χ0) is 19.6. The average molecular weight is 399 g/mol. The molecule has 3 aliphatic heterocycles. The molecule has 5 atom stereocenters. The number of unbranched alkanes of at least 4 members (excludes halogenated alkanes) is 2. The van der Waals surface area contributed by atoms with Gasteiger partial charge in [0.25, 0.3) is 0 Å². The lowest BCUT2D eigenvalue weighted by Gasteiger charge is -2.33. The van der Waals surface area contributed by atoms with Gasteiger partial charge in [-0.1, -0.05) is 19.8 Å². The molecule has 7 nitrogen and oxygen atoms in total. The quantitative estimate of drug-likeness (QED) is 0.443. The van der Waals surface area contributed by atoms with Crippen molar-refractivity contribution in [2.24, 2.45) is 11.8 Å². The summed E-state index contributed by atoms with van der Waals surface area (Å²) in [5.74, 6) is -1.70. The van der Waals surface area contributed by atoms with Crippen LogP contribution in [-0.2, 0) is 19.1 Å². The van der Waals surface area contributed by atoms with Gasteiger partial charge in [0.15, 0.2) is 0 Å². The molecule has 3 heterocycles. The first-order valence-corrected chi connectivity index (χ1v) is 10.9. The van der Waals surface area contributed by atoms with E-state index in [1.807, 2.05) is 0 Å². The predicted octanol–water partition coefficient (Wildman–Crippen LogP) is 0.939. The van der Waals surface area contributed by atoms with Crippen LogP contribution in [0, 0.1) is 11.8 Å². The maximum atomic E-state index is 13.2. The Morgan fingerprint density at radius 3 is 2.81 bits per heavy atom. The van der Waals surface area contributed by atoms with Crippen LogP contribution in [0.4, 0.5) is 0 Å². The van der Waals surface area contributed by atoms with Crippen molar-refractivity contribution in [2.45, 2.75) is 62.0 Å². The number of hydrogen-bond donors (Lipinski definition) is 2. The molecule has 0 saturated carbocycles. The molecule has 2 unspecified atom stereocenters. The monoisotopic (exact) mass is 398 g/mol. The van der Waals surface area contributed by atoms with E-state index in [9.17, 15) is 19.5 Å². The predicted molar refractivity (Wildman–Crippen MR) is 102 cm³/mol. The number of rotatable bonds is 9. The number of hydrogen-bond acceptors (Lipinski definition) is 6. The minimum Gasteiger partial charge on any atom is -0.466 e. The lowest BCUT2D eigenvalue weighted by Crippen LogP contribution is -2.54. The number of nitrogens with one attached hydrogen (secondary N) is 1. The number of carbonyl (C=O) groups is 3. The van der Waals surface area contributed by atoms with Gasteiger partial charge in [0.05, 0.1) is 29.8 Å². The third-order valence-electron chi connectivity index (χ3n) is 6.03. The first-order valence-electron chi connectivity index (χ1n) is 10.0. The van der Waals surface area contributed by atoms with Gasteiger partial charge in [-0.05, 0) is 26.2 Å². The fourth-order valence-electron chi connectivity index (χ4n) is 4.99. The first-order chi connectivity index (χ1) is 13.0. The highest BCUT2D eigenvalue weighted by atomic mass is 32.2.